The fraction of sp³-hybridized carbons (Fsp3) is 0.231. The quantitative estimate of drug-likeness (QED) is 0.901. The number of carboxylic acid groups (broad SMARTS) is 1. The van der Waals surface area contributed by atoms with Gasteiger partial charge in [-0.25, -0.2) is 4.98 Å². The number of rotatable bonds is 5. The van der Waals surface area contributed by atoms with Crippen LogP contribution in [0.25, 0.3) is 11.3 Å². The van der Waals surface area contributed by atoms with E-state index in [1.54, 1.807) is 7.11 Å². The minimum absolute atomic E-state index is 0.116. The molecule has 94 valence electrons. The molecule has 0 radical (unpaired) electrons. The maximum atomic E-state index is 10.5. The number of aliphatic carboxylic acids is 1. The Morgan fingerprint density at radius 1 is 1.50 bits per heavy atom. The third kappa shape index (κ3) is 3.07. The van der Waals surface area contributed by atoms with Gasteiger partial charge in [0.15, 0.2) is 0 Å². The Hall–Kier alpha value is -1.88. The van der Waals surface area contributed by atoms with Crippen LogP contribution in [-0.2, 0) is 11.2 Å². The van der Waals surface area contributed by atoms with Gasteiger partial charge in [-0.15, -0.1) is 11.3 Å². The van der Waals surface area contributed by atoms with E-state index in [2.05, 4.69) is 4.98 Å². The standard InChI is InChI=1S/C13H13NO3S/c1-17-10-4-2-3-9(7-10)11-8-18-12(14-11)5-6-13(15)16/h2-4,7-8H,5-6H2,1H3,(H,15,16). The Morgan fingerprint density at radius 2 is 2.33 bits per heavy atom. The third-order valence-electron chi connectivity index (χ3n) is 2.47. The number of hydrogen-bond acceptors (Lipinski definition) is 4. The number of thiazole rings is 1. The molecule has 2 rings (SSSR count). The zero-order chi connectivity index (χ0) is 13.0. The van der Waals surface area contributed by atoms with Gasteiger partial charge in [0, 0.05) is 17.4 Å². The van der Waals surface area contributed by atoms with Gasteiger partial charge in [0.1, 0.15) is 5.75 Å². The highest BCUT2D eigenvalue weighted by Gasteiger charge is 2.07. The first kappa shape index (κ1) is 12.6. The van der Waals surface area contributed by atoms with Crippen LogP contribution >= 0.6 is 11.3 Å². The molecule has 2 aromatic rings. The average Bonchev–Trinajstić information content (AvgIpc) is 2.85. The molecule has 0 saturated heterocycles. The fourth-order valence-corrected chi connectivity index (χ4v) is 2.36. The zero-order valence-corrected chi connectivity index (χ0v) is 10.7. The molecule has 0 aliphatic heterocycles. The summed E-state index contributed by atoms with van der Waals surface area (Å²) in [6.07, 6.45) is 0.592. The normalized spacial score (nSPS) is 10.3. The summed E-state index contributed by atoms with van der Waals surface area (Å²) in [7, 11) is 1.62. The number of benzene rings is 1. The summed E-state index contributed by atoms with van der Waals surface area (Å²) in [5.41, 5.74) is 1.84. The van der Waals surface area contributed by atoms with Gasteiger partial charge in [0.25, 0.3) is 0 Å². The summed E-state index contributed by atoms with van der Waals surface area (Å²) in [6.45, 7) is 0. The summed E-state index contributed by atoms with van der Waals surface area (Å²) in [6, 6.07) is 7.65. The van der Waals surface area contributed by atoms with Crippen LogP contribution in [0.3, 0.4) is 0 Å². The Bertz CT molecular complexity index is 551. The maximum absolute atomic E-state index is 10.5. The van der Waals surface area contributed by atoms with Crippen LogP contribution < -0.4 is 4.74 Å². The molecule has 0 fully saturated rings. The Morgan fingerprint density at radius 3 is 3.06 bits per heavy atom. The van der Waals surface area contributed by atoms with E-state index in [1.807, 2.05) is 29.6 Å². The van der Waals surface area contributed by atoms with Crippen molar-refractivity contribution in [2.24, 2.45) is 0 Å². The van der Waals surface area contributed by atoms with E-state index in [1.165, 1.54) is 11.3 Å². The number of hydrogen-bond donors (Lipinski definition) is 1. The first-order valence-electron chi connectivity index (χ1n) is 5.49. The largest absolute Gasteiger partial charge is 0.497 e. The van der Waals surface area contributed by atoms with Gasteiger partial charge in [0.05, 0.1) is 24.2 Å². The SMILES string of the molecule is COc1cccc(-c2csc(CCC(=O)O)n2)c1. The van der Waals surface area contributed by atoms with E-state index in [-0.39, 0.29) is 6.42 Å². The molecule has 18 heavy (non-hydrogen) atoms. The maximum Gasteiger partial charge on any atom is 0.303 e. The number of carboxylic acids is 1. The van der Waals surface area contributed by atoms with Crippen molar-refractivity contribution in [3.05, 3.63) is 34.7 Å². The molecule has 1 aromatic carbocycles. The van der Waals surface area contributed by atoms with Crippen LogP contribution in [-0.4, -0.2) is 23.2 Å². The number of ether oxygens (including phenoxy) is 1. The molecular formula is C13H13NO3S. The molecular weight excluding hydrogens is 250 g/mol. The van der Waals surface area contributed by atoms with Crippen LogP contribution in [0.5, 0.6) is 5.75 Å². The van der Waals surface area contributed by atoms with Crippen LogP contribution in [0.15, 0.2) is 29.6 Å². The number of aromatic nitrogens is 1. The minimum atomic E-state index is -0.798. The zero-order valence-electron chi connectivity index (χ0n) is 9.92. The minimum Gasteiger partial charge on any atom is -0.497 e. The van der Waals surface area contributed by atoms with Crippen LogP contribution in [0.1, 0.15) is 11.4 Å². The Balaban J connectivity index is 2.15. The van der Waals surface area contributed by atoms with Crippen LogP contribution in [0.4, 0.5) is 0 Å². The van der Waals surface area contributed by atoms with Gasteiger partial charge in [-0.05, 0) is 12.1 Å². The van der Waals surface area contributed by atoms with Gasteiger partial charge < -0.3 is 9.84 Å². The Kier molecular flexibility index (Phi) is 3.94. The molecule has 1 aromatic heterocycles. The summed E-state index contributed by atoms with van der Waals surface area (Å²) in [5.74, 6) is -0.0132. The second-order valence-corrected chi connectivity index (χ2v) is 4.69. The molecule has 1 N–H and O–H groups in total. The average molecular weight is 263 g/mol. The molecule has 0 amide bonds. The van der Waals surface area contributed by atoms with Gasteiger partial charge in [-0.2, -0.15) is 0 Å². The topological polar surface area (TPSA) is 59.4 Å². The molecule has 0 bridgehead atoms. The van der Waals surface area contributed by atoms with E-state index < -0.39 is 5.97 Å². The lowest BCUT2D eigenvalue weighted by molar-refractivity contribution is -0.136. The number of carbonyl (C=O) groups is 1. The molecule has 0 aliphatic rings. The van der Waals surface area contributed by atoms with Gasteiger partial charge in [0.2, 0.25) is 0 Å². The molecule has 0 saturated carbocycles. The molecule has 0 spiro atoms. The molecule has 0 unspecified atom stereocenters. The summed E-state index contributed by atoms with van der Waals surface area (Å²) >= 11 is 1.48. The summed E-state index contributed by atoms with van der Waals surface area (Å²) < 4.78 is 5.16. The van der Waals surface area contributed by atoms with Crippen molar-refractivity contribution in [1.29, 1.82) is 0 Å². The van der Waals surface area contributed by atoms with Gasteiger partial charge in [-0.3, -0.25) is 4.79 Å². The highest BCUT2D eigenvalue weighted by Crippen LogP contribution is 2.25. The predicted octanol–water partition coefficient (Wildman–Crippen LogP) is 2.84. The molecule has 4 nitrogen and oxygen atoms in total. The lowest BCUT2D eigenvalue weighted by Crippen LogP contribution is -1.96. The van der Waals surface area contributed by atoms with E-state index in [9.17, 15) is 4.79 Å². The first-order valence-corrected chi connectivity index (χ1v) is 6.37. The second kappa shape index (κ2) is 5.64. The van der Waals surface area contributed by atoms with Gasteiger partial charge in [-0.1, -0.05) is 12.1 Å². The number of methoxy groups -OCH3 is 1. The summed E-state index contributed by atoms with van der Waals surface area (Å²) in [4.78, 5) is 14.9. The van der Waals surface area contributed by atoms with E-state index >= 15 is 0 Å². The molecule has 0 atom stereocenters. The van der Waals surface area contributed by atoms with E-state index in [0.717, 1.165) is 22.0 Å². The first-order chi connectivity index (χ1) is 8.69. The van der Waals surface area contributed by atoms with Crippen LogP contribution in [0.2, 0.25) is 0 Å². The van der Waals surface area contributed by atoms with Gasteiger partial charge >= 0.3 is 5.97 Å². The monoisotopic (exact) mass is 263 g/mol. The van der Waals surface area contributed by atoms with Crippen molar-refractivity contribution in [2.75, 3.05) is 7.11 Å². The Labute approximate surface area is 109 Å². The molecule has 5 heteroatoms. The number of aryl methyl sites for hydroxylation is 1. The number of nitrogens with zero attached hydrogens (tertiary/aromatic N) is 1. The molecule has 0 aliphatic carbocycles. The van der Waals surface area contributed by atoms with Crippen molar-refractivity contribution in [3.8, 4) is 17.0 Å². The van der Waals surface area contributed by atoms with E-state index in [0.29, 0.717) is 6.42 Å². The third-order valence-corrected chi connectivity index (χ3v) is 3.38. The lowest BCUT2D eigenvalue weighted by atomic mass is 10.1. The second-order valence-electron chi connectivity index (χ2n) is 3.75. The van der Waals surface area contributed by atoms with Crippen molar-refractivity contribution >= 4 is 17.3 Å². The van der Waals surface area contributed by atoms with Crippen molar-refractivity contribution in [1.82, 2.24) is 4.98 Å². The smallest absolute Gasteiger partial charge is 0.303 e. The highest BCUT2D eigenvalue weighted by atomic mass is 32.1. The van der Waals surface area contributed by atoms with Crippen molar-refractivity contribution in [2.45, 2.75) is 12.8 Å². The fourth-order valence-electron chi connectivity index (χ4n) is 1.55. The van der Waals surface area contributed by atoms with Crippen LogP contribution in [0, 0.1) is 0 Å². The lowest BCUT2D eigenvalue weighted by Gasteiger charge is -2.01. The van der Waals surface area contributed by atoms with Crippen molar-refractivity contribution < 1.29 is 14.6 Å². The van der Waals surface area contributed by atoms with Crippen molar-refractivity contribution in [3.63, 3.8) is 0 Å². The summed E-state index contributed by atoms with van der Waals surface area (Å²) in [5, 5.41) is 11.4. The molecule has 1 heterocycles. The van der Waals surface area contributed by atoms with E-state index in [4.69, 9.17) is 9.84 Å². The predicted molar refractivity (Wildman–Crippen MR) is 70.1 cm³/mol. The highest BCUT2D eigenvalue weighted by molar-refractivity contribution is 7.09.